The quantitative estimate of drug-likeness (QED) is 0.283. The first-order valence-electron chi connectivity index (χ1n) is 8.17. The smallest absolute Gasteiger partial charge is 0.351 e. The van der Waals surface area contributed by atoms with E-state index in [-0.39, 0.29) is 18.3 Å². The van der Waals surface area contributed by atoms with Crippen molar-refractivity contribution in [2.24, 2.45) is 11.7 Å². The molecule has 1 saturated heterocycles. The number of nitrogens with zero attached hydrogens (tertiary/aromatic N) is 2. The zero-order valence-corrected chi connectivity index (χ0v) is 14.5. The van der Waals surface area contributed by atoms with Gasteiger partial charge in [-0.2, -0.15) is 4.98 Å². The van der Waals surface area contributed by atoms with Crippen LogP contribution in [0.25, 0.3) is 0 Å². The Kier molecular flexibility index (Phi) is 6.67. The molecule has 11 nitrogen and oxygen atoms in total. The molecule has 0 aromatic carbocycles. The third-order valence-electron chi connectivity index (χ3n) is 3.97. The Morgan fingerprint density at radius 2 is 2.15 bits per heavy atom. The van der Waals surface area contributed by atoms with Crippen LogP contribution in [0.15, 0.2) is 17.1 Å². The van der Waals surface area contributed by atoms with Crippen molar-refractivity contribution in [3.8, 4) is 0 Å². The van der Waals surface area contributed by atoms with E-state index in [2.05, 4.69) is 4.98 Å². The van der Waals surface area contributed by atoms with Crippen LogP contribution in [0.2, 0.25) is 0 Å². The van der Waals surface area contributed by atoms with Gasteiger partial charge in [0.25, 0.3) is 0 Å². The molecule has 2 rings (SSSR count). The highest BCUT2D eigenvalue weighted by molar-refractivity contribution is 5.75. The molecule has 0 spiro atoms. The molecule has 1 aliphatic heterocycles. The number of carbonyl (C=O) groups excluding carboxylic acids is 1. The van der Waals surface area contributed by atoms with Crippen molar-refractivity contribution in [1.29, 1.82) is 0 Å². The van der Waals surface area contributed by atoms with Gasteiger partial charge in [0.2, 0.25) is 0 Å². The molecular formula is C15H24N4O7. The molecule has 5 atom stereocenters. The largest absolute Gasteiger partial charge is 0.462 e. The van der Waals surface area contributed by atoms with Gasteiger partial charge in [0, 0.05) is 6.20 Å². The summed E-state index contributed by atoms with van der Waals surface area (Å²) < 4.78 is 11.5. The van der Waals surface area contributed by atoms with E-state index in [1.165, 1.54) is 12.3 Å². The summed E-state index contributed by atoms with van der Waals surface area (Å²) in [4.78, 5) is 27.3. The van der Waals surface area contributed by atoms with Crippen LogP contribution < -0.4 is 16.9 Å². The lowest BCUT2D eigenvalue weighted by Crippen LogP contribution is -2.38. The van der Waals surface area contributed by atoms with Gasteiger partial charge in [-0.15, -0.1) is 0 Å². The van der Waals surface area contributed by atoms with E-state index in [0.717, 1.165) is 4.57 Å². The Bertz CT molecular complexity index is 680. The molecule has 11 heteroatoms. The van der Waals surface area contributed by atoms with Crippen LogP contribution in [0.4, 0.5) is 5.82 Å². The van der Waals surface area contributed by atoms with E-state index >= 15 is 0 Å². The third-order valence-corrected chi connectivity index (χ3v) is 3.97. The number of hydrogen-bond donors (Lipinski definition) is 5. The van der Waals surface area contributed by atoms with Crippen LogP contribution in [0.3, 0.4) is 0 Å². The standard InChI is InChI=1S/C15H24N4O7/c1-7(2)5-8(16)14(22)25-6-9-11(20)12(21)13(26-9)19-4-3-10(18-24)17-15(19)23/h3-4,7-9,11-13,20-21,24H,5-6,16H2,1-2H3,(H,17,18,23)/t8-,9+,11+,12+,13+/m0/s1. The predicted molar refractivity (Wildman–Crippen MR) is 88.2 cm³/mol. The van der Waals surface area contributed by atoms with Gasteiger partial charge in [0.05, 0.1) is 0 Å². The maximum atomic E-state index is 11.9. The van der Waals surface area contributed by atoms with E-state index in [4.69, 9.17) is 20.4 Å². The first kappa shape index (κ1) is 20.3. The number of aromatic nitrogens is 2. The van der Waals surface area contributed by atoms with E-state index in [1.807, 2.05) is 13.8 Å². The Balaban J connectivity index is 2.01. The Morgan fingerprint density at radius 3 is 2.73 bits per heavy atom. The molecule has 0 amide bonds. The minimum atomic E-state index is -1.43. The van der Waals surface area contributed by atoms with E-state index in [1.54, 1.807) is 5.48 Å². The average molecular weight is 372 g/mol. The monoisotopic (exact) mass is 372 g/mol. The van der Waals surface area contributed by atoms with Crippen LogP contribution in [0.1, 0.15) is 26.5 Å². The number of esters is 1. The number of anilines is 1. The van der Waals surface area contributed by atoms with Gasteiger partial charge < -0.3 is 25.4 Å². The number of nitrogens with two attached hydrogens (primary N) is 1. The minimum Gasteiger partial charge on any atom is -0.462 e. The summed E-state index contributed by atoms with van der Waals surface area (Å²) in [6.07, 6.45) is -3.38. The van der Waals surface area contributed by atoms with E-state index in [0.29, 0.717) is 6.42 Å². The predicted octanol–water partition coefficient (Wildman–Crippen LogP) is -1.42. The van der Waals surface area contributed by atoms with Crippen LogP contribution in [0, 0.1) is 5.92 Å². The SMILES string of the molecule is CC(C)C[C@H](N)C(=O)OC[C@H]1O[C@@H](n2ccc(NO)nc2=O)[C@H](O)[C@@H]1O. The normalized spacial score (nSPS) is 26.7. The summed E-state index contributed by atoms with van der Waals surface area (Å²) in [7, 11) is 0. The summed E-state index contributed by atoms with van der Waals surface area (Å²) in [5, 5.41) is 29.0. The number of nitrogens with one attached hydrogen (secondary N) is 1. The van der Waals surface area contributed by atoms with Gasteiger partial charge in [0.1, 0.15) is 31.0 Å². The molecule has 1 fully saturated rings. The summed E-state index contributed by atoms with van der Waals surface area (Å²) in [6.45, 7) is 3.51. The Morgan fingerprint density at radius 1 is 1.46 bits per heavy atom. The topological polar surface area (TPSA) is 169 Å². The van der Waals surface area contributed by atoms with Crippen LogP contribution in [-0.2, 0) is 14.3 Å². The van der Waals surface area contributed by atoms with Gasteiger partial charge in [-0.1, -0.05) is 13.8 Å². The molecule has 2 heterocycles. The molecule has 146 valence electrons. The van der Waals surface area contributed by atoms with Crippen molar-refractivity contribution in [2.75, 3.05) is 12.1 Å². The number of aliphatic hydroxyl groups excluding tert-OH is 2. The first-order valence-corrected chi connectivity index (χ1v) is 8.17. The highest BCUT2D eigenvalue weighted by Crippen LogP contribution is 2.28. The van der Waals surface area contributed by atoms with E-state index < -0.39 is 42.2 Å². The molecule has 1 aromatic heterocycles. The number of aliphatic hydroxyl groups is 2. The molecule has 0 radical (unpaired) electrons. The number of hydrogen-bond acceptors (Lipinski definition) is 10. The number of carbonyl (C=O) groups is 1. The molecule has 0 bridgehead atoms. The fourth-order valence-electron chi connectivity index (χ4n) is 2.64. The fraction of sp³-hybridized carbons (Fsp3) is 0.667. The molecule has 0 aliphatic carbocycles. The summed E-state index contributed by atoms with van der Waals surface area (Å²) in [5.74, 6) is -0.499. The van der Waals surface area contributed by atoms with Crippen molar-refractivity contribution >= 4 is 11.8 Å². The molecular weight excluding hydrogens is 348 g/mol. The summed E-state index contributed by atoms with van der Waals surface area (Å²) in [5.41, 5.74) is 6.64. The van der Waals surface area contributed by atoms with Gasteiger partial charge in [-0.3, -0.25) is 20.0 Å². The summed E-state index contributed by atoms with van der Waals surface area (Å²) >= 11 is 0. The van der Waals surface area contributed by atoms with Crippen LogP contribution >= 0.6 is 0 Å². The molecule has 1 aromatic rings. The Labute approximate surface area is 149 Å². The van der Waals surface area contributed by atoms with Gasteiger partial charge in [0.15, 0.2) is 12.0 Å². The Hall–Kier alpha value is -2.05. The van der Waals surface area contributed by atoms with Crippen molar-refractivity contribution in [3.05, 3.63) is 22.7 Å². The highest BCUT2D eigenvalue weighted by atomic mass is 16.6. The molecule has 0 saturated carbocycles. The van der Waals surface area contributed by atoms with Crippen molar-refractivity contribution in [2.45, 2.75) is 50.8 Å². The average Bonchev–Trinajstić information content (AvgIpc) is 2.87. The molecule has 6 N–H and O–H groups in total. The number of rotatable bonds is 7. The van der Waals surface area contributed by atoms with Crippen molar-refractivity contribution in [3.63, 3.8) is 0 Å². The molecule has 26 heavy (non-hydrogen) atoms. The second-order valence-corrected chi connectivity index (χ2v) is 6.53. The van der Waals surface area contributed by atoms with Gasteiger partial charge in [-0.25, -0.2) is 4.79 Å². The first-order chi connectivity index (χ1) is 12.2. The molecule has 1 aliphatic rings. The maximum absolute atomic E-state index is 11.9. The fourth-order valence-corrected chi connectivity index (χ4v) is 2.64. The highest BCUT2D eigenvalue weighted by Gasteiger charge is 2.44. The van der Waals surface area contributed by atoms with Crippen LogP contribution in [0.5, 0.6) is 0 Å². The van der Waals surface area contributed by atoms with Crippen molar-refractivity contribution < 1.29 is 29.7 Å². The lowest BCUT2D eigenvalue weighted by Gasteiger charge is -2.18. The maximum Gasteiger partial charge on any atom is 0.351 e. The zero-order valence-electron chi connectivity index (χ0n) is 14.5. The molecule has 0 unspecified atom stereocenters. The van der Waals surface area contributed by atoms with Crippen LogP contribution in [-0.4, -0.2) is 61.9 Å². The van der Waals surface area contributed by atoms with E-state index in [9.17, 15) is 19.8 Å². The van der Waals surface area contributed by atoms with Crippen molar-refractivity contribution in [1.82, 2.24) is 9.55 Å². The zero-order chi connectivity index (χ0) is 19.4. The summed E-state index contributed by atoms with van der Waals surface area (Å²) in [6, 6.07) is 0.488. The third kappa shape index (κ3) is 4.56. The van der Waals surface area contributed by atoms with Gasteiger partial charge >= 0.3 is 11.7 Å². The minimum absolute atomic E-state index is 0.0797. The lowest BCUT2D eigenvalue weighted by molar-refractivity contribution is -0.152. The van der Waals surface area contributed by atoms with Gasteiger partial charge in [-0.05, 0) is 18.4 Å². The lowest BCUT2D eigenvalue weighted by atomic mass is 10.1. The number of ether oxygens (including phenoxy) is 2. The second kappa shape index (κ2) is 8.56. The second-order valence-electron chi connectivity index (χ2n) is 6.53.